The molecule has 0 unspecified atom stereocenters. The van der Waals surface area contributed by atoms with Gasteiger partial charge in [-0.15, -0.1) is 10.2 Å². The predicted octanol–water partition coefficient (Wildman–Crippen LogP) is 2.51. The molecule has 116 valence electrons. The van der Waals surface area contributed by atoms with Crippen molar-refractivity contribution in [3.63, 3.8) is 0 Å². The second kappa shape index (κ2) is 7.15. The SMILES string of the molecule is O=C(Cc1nnc(-c2ccccn2)o1)NC1CCCCCC1. The quantitative estimate of drug-likeness (QED) is 0.877. The number of carbonyl (C=O) groups excluding carboxylic acids is 1. The highest BCUT2D eigenvalue weighted by Gasteiger charge is 2.17. The maximum atomic E-state index is 12.1. The molecule has 22 heavy (non-hydrogen) atoms. The van der Waals surface area contributed by atoms with E-state index in [1.165, 1.54) is 25.7 Å². The molecule has 2 aromatic rings. The Hall–Kier alpha value is -2.24. The Morgan fingerprint density at radius 3 is 2.73 bits per heavy atom. The normalized spacial score (nSPS) is 16.2. The molecular formula is C16H20N4O2. The number of nitrogens with one attached hydrogen (secondary N) is 1. The Balaban J connectivity index is 1.56. The Bertz CT molecular complexity index is 604. The van der Waals surface area contributed by atoms with E-state index in [9.17, 15) is 4.79 Å². The summed E-state index contributed by atoms with van der Waals surface area (Å²) in [6.07, 6.45) is 8.83. The fraction of sp³-hybridized carbons (Fsp3) is 0.500. The molecule has 3 rings (SSSR count). The summed E-state index contributed by atoms with van der Waals surface area (Å²) in [5.74, 6) is 0.618. The van der Waals surface area contributed by atoms with Crippen LogP contribution in [0.4, 0.5) is 0 Å². The van der Waals surface area contributed by atoms with Gasteiger partial charge in [-0.1, -0.05) is 31.7 Å². The van der Waals surface area contributed by atoms with Crippen LogP contribution in [0, 0.1) is 0 Å². The average Bonchev–Trinajstić information content (AvgIpc) is 2.84. The summed E-state index contributed by atoms with van der Waals surface area (Å²) >= 11 is 0. The van der Waals surface area contributed by atoms with Crippen molar-refractivity contribution in [2.24, 2.45) is 0 Å². The molecule has 1 aliphatic carbocycles. The fourth-order valence-electron chi connectivity index (χ4n) is 2.76. The van der Waals surface area contributed by atoms with Crippen LogP contribution in [0.15, 0.2) is 28.8 Å². The Morgan fingerprint density at radius 2 is 2.00 bits per heavy atom. The first-order chi connectivity index (χ1) is 10.8. The highest BCUT2D eigenvalue weighted by Crippen LogP contribution is 2.18. The fourth-order valence-corrected chi connectivity index (χ4v) is 2.76. The number of hydrogen-bond donors (Lipinski definition) is 1. The molecule has 0 spiro atoms. The van der Waals surface area contributed by atoms with Crippen LogP contribution in [-0.2, 0) is 11.2 Å². The van der Waals surface area contributed by atoms with E-state index >= 15 is 0 Å². The van der Waals surface area contributed by atoms with Gasteiger partial charge in [0.2, 0.25) is 11.8 Å². The summed E-state index contributed by atoms with van der Waals surface area (Å²) in [5, 5.41) is 10.9. The zero-order valence-electron chi connectivity index (χ0n) is 12.5. The summed E-state index contributed by atoms with van der Waals surface area (Å²) in [6.45, 7) is 0. The molecule has 1 aliphatic rings. The zero-order chi connectivity index (χ0) is 15.2. The van der Waals surface area contributed by atoms with Crippen LogP contribution in [0.3, 0.4) is 0 Å². The van der Waals surface area contributed by atoms with Crippen LogP contribution in [0.5, 0.6) is 0 Å². The summed E-state index contributed by atoms with van der Waals surface area (Å²) in [5.41, 5.74) is 0.616. The Kier molecular flexibility index (Phi) is 4.78. The molecular weight excluding hydrogens is 280 g/mol. The third kappa shape index (κ3) is 3.90. The summed E-state index contributed by atoms with van der Waals surface area (Å²) in [4.78, 5) is 16.2. The number of rotatable bonds is 4. The van der Waals surface area contributed by atoms with Crippen molar-refractivity contribution in [1.29, 1.82) is 0 Å². The minimum Gasteiger partial charge on any atom is -0.419 e. The standard InChI is InChI=1S/C16H20N4O2/c21-14(18-12-7-3-1-2-4-8-12)11-15-19-20-16(22-15)13-9-5-6-10-17-13/h5-6,9-10,12H,1-4,7-8,11H2,(H,18,21). The summed E-state index contributed by atoms with van der Waals surface area (Å²) < 4.78 is 5.51. The van der Waals surface area contributed by atoms with Crippen molar-refractivity contribution < 1.29 is 9.21 Å². The highest BCUT2D eigenvalue weighted by atomic mass is 16.4. The van der Waals surface area contributed by atoms with Gasteiger partial charge in [0, 0.05) is 12.2 Å². The third-order valence-corrected chi connectivity index (χ3v) is 3.88. The van der Waals surface area contributed by atoms with Crippen LogP contribution in [0.25, 0.3) is 11.6 Å². The highest BCUT2D eigenvalue weighted by molar-refractivity contribution is 5.77. The van der Waals surface area contributed by atoms with Crippen LogP contribution in [0.1, 0.15) is 44.4 Å². The molecule has 0 aromatic carbocycles. The first-order valence-corrected chi connectivity index (χ1v) is 7.84. The number of pyridine rings is 1. The molecule has 2 aromatic heterocycles. The van der Waals surface area contributed by atoms with Gasteiger partial charge in [0.25, 0.3) is 5.89 Å². The Morgan fingerprint density at radius 1 is 1.18 bits per heavy atom. The van der Waals surface area contributed by atoms with Gasteiger partial charge in [0.1, 0.15) is 12.1 Å². The van der Waals surface area contributed by atoms with Gasteiger partial charge in [0.05, 0.1) is 0 Å². The molecule has 1 amide bonds. The summed E-state index contributed by atoms with van der Waals surface area (Å²) in [6, 6.07) is 5.75. The van der Waals surface area contributed by atoms with Crippen molar-refractivity contribution in [1.82, 2.24) is 20.5 Å². The van der Waals surface area contributed by atoms with Gasteiger partial charge < -0.3 is 9.73 Å². The first-order valence-electron chi connectivity index (χ1n) is 7.84. The summed E-state index contributed by atoms with van der Waals surface area (Å²) in [7, 11) is 0. The van der Waals surface area contributed by atoms with E-state index in [-0.39, 0.29) is 18.4 Å². The minimum absolute atomic E-state index is 0.0527. The topological polar surface area (TPSA) is 80.9 Å². The second-order valence-corrected chi connectivity index (χ2v) is 5.65. The van der Waals surface area contributed by atoms with Gasteiger partial charge in [-0.3, -0.25) is 9.78 Å². The smallest absolute Gasteiger partial charge is 0.266 e. The van der Waals surface area contributed by atoms with Crippen molar-refractivity contribution in [3.8, 4) is 11.6 Å². The molecule has 1 N–H and O–H groups in total. The lowest BCUT2D eigenvalue weighted by molar-refractivity contribution is -0.121. The molecule has 0 bridgehead atoms. The largest absolute Gasteiger partial charge is 0.419 e. The lowest BCUT2D eigenvalue weighted by Crippen LogP contribution is -2.35. The number of carbonyl (C=O) groups is 1. The molecule has 0 radical (unpaired) electrons. The van der Waals surface area contributed by atoms with Crippen LogP contribution >= 0.6 is 0 Å². The van der Waals surface area contributed by atoms with Crippen molar-refractivity contribution in [2.75, 3.05) is 0 Å². The predicted molar refractivity (Wildman–Crippen MR) is 80.9 cm³/mol. The third-order valence-electron chi connectivity index (χ3n) is 3.88. The molecule has 2 heterocycles. The van der Waals surface area contributed by atoms with Gasteiger partial charge in [-0.05, 0) is 25.0 Å². The monoisotopic (exact) mass is 300 g/mol. The van der Waals surface area contributed by atoms with Crippen LogP contribution in [-0.4, -0.2) is 27.1 Å². The molecule has 0 atom stereocenters. The second-order valence-electron chi connectivity index (χ2n) is 5.65. The van der Waals surface area contributed by atoms with E-state index in [4.69, 9.17) is 4.42 Å². The Labute approximate surface area is 129 Å². The first kappa shape index (κ1) is 14.7. The van der Waals surface area contributed by atoms with Crippen molar-refractivity contribution in [2.45, 2.75) is 51.0 Å². The van der Waals surface area contributed by atoms with Crippen LogP contribution < -0.4 is 5.32 Å². The van der Waals surface area contributed by atoms with Gasteiger partial charge in [0.15, 0.2) is 0 Å². The van der Waals surface area contributed by atoms with Crippen LogP contribution in [0.2, 0.25) is 0 Å². The average molecular weight is 300 g/mol. The van der Waals surface area contributed by atoms with Gasteiger partial charge in [-0.2, -0.15) is 0 Å². The lowest BCUT2D eigenvalue weighted by atomic mass is 10.1. The van der Waals surface area contributed by atoms with E-state index in [2.05, 4.69) is 20.5 Å². The lowest BCUT2D eigenvalue weighted by Gasteiger charge is -2.15. The van der Waals surface area contributed by atoms with E-state index in [0.29, 0.717) is 17.5 Å². The molecule has 1 fully saturated rings. The van der Waals surface area contributed by atoms with E-state index < -0.39 is 0 Å². The van der Waals surface area contributed by atoms with E-state index in [1.807, 2.05) is 12.1 Å². The number of aromatic nitrogens is 3. The molecule has 0 aliphatic heterocycles. The minimum atomic E-state index is -0.0527. The number of amides is 1. The maximum Gasteiger partial charge on any atom is 0.266 e. The number of hydrogen-bond acceptors (Lipinski definition) is 5. The zero-order valence-corrected chi connectivity index (χ0v) is 12.5. The molecule has 6 nitrogen and oxygen atoms in total. The molecule has 1 saturated carbocycles. The van der Waals surface area contributed by atoms with E-state index in [0.717, 1.165) is 12.8 Å². The van der Waals surface area contributed by atoms with Crippen molar-refractivity contribution >= 4 is 5.91 Å². The van der Waals surface area contributed by atoms with Gasteiger partial charge in [-0.25, -0.2) is 0 Å². The maximum absolute atomic E-state index is 12.1. The van der Waals surface area contributed by atoms with Crippen molar-refractivity contribution in [3.05, 3.63) is 30.3 Å². The van der Waals surface area contributed by atoms with Gasteiger partial charge >= 0.3 is 0 Å². The van der Waals surface area contributed by atoms with E-state index in [1.54, 1.807) is 12.3 Å². The number of nitrogens with zero attached hydrogens (tertiary/aromatic N) is 3. The molecule has 6 heteroatoms. The molecule has 0 saturated heterocycles.